The number of nitriles is 1. The average Bonchev–Trinajstić information content (AvgIpc) is 3.36. The van der Waals surface area contributed by atoms with Crippen LogP contribution in [-0.2, 0) is 16.4 Å². The number of thiazole rings is 1. The highest BCUT2D eigenvalue weighted by Crippen LogP contribution is 2.34. The summed E-state index contributed by atoms with van der Waals surface area (Å²) in [4.78, 5) is 4.60. The number of sulfonamides is 1. The lowest BCUT2D eigenvalue weighted by Gasteiger charge is -2.29. The lowest BCUT2D eigenvalue weighted by atomic mass is 10.00. The van der Waals surface area contributed by atoms with E-state index in [-0.39, 0.29) is 0 Å². The number of aryl methyl sites for hydroxylation is 1. The number of benzene rings is 1. The van der Waals surface area contributed by atoms with Gasteiger partial charge in [0.15, 0.2) is 0 Å². The van der Waals surface area contributed by atoms with Crippen LogP contribution in [0.1, 0.15) is 22.8 Å². The first-order chi connectivity index (χ1) is 13.5. The molecule has 6 nitrogen and oxygen atoms in total. The molecule has 0 spiro atoms. The number of anilines is 1. The van der Waals surface area contributed by atoms with Crippen LogP contribution in [0.15, 0.2) is 46.4 Å². The fourth-order valence-electron chi connectivity index (χ4n) is 3.25. The quantitative estimate of drug-likeness (QED) is 0.601. The van der Waals surface area contributed by atoms with Crippen molar-refractivity contribution in [2.45, 2.75) is 12.8 Å². The van der Waals surface area contributed by atoms with Crippen LogP contribution < -0.4 is 4.31 Å². The maximum absolute atomic E-state index is 12.0. The molecular formula is C20H17N3O3S2. The van der Waals surface area contributed by atoms with Gasteiger partial charge in [-0.2, -0.15) is 5.26 Å². The van der Waals surface area contributed by atoms with Gasteiger partial charge in [-0.1, -0.05) is 6.07 Å². The van der Waals surface area contributed by atoms with Crippen LogP contribution in [0, 0.1) is 11.3 Å². The van der Waals surface area contributed by atoms with E-state index in [0.717, 1.165) is 35.3 Å². The minimum absolute atomic E-state index is 0.437. The molecule has 0 radical (unpaired) electrons. The second kappa shape index (κ2) is 7.26. The van der Waals surface area contributed by atoms with Crippen LogP contribution in [0.5, 0.6) is 0 Å². The molecule has 1 aliphatic heterocycles. The van der Waals surface area contributed by atoms with Gasteiger partial charge < -0.3 is 4.42 Å². The monoisotopic (exact) mass is 411 g/mol. The summed E-state index contributed by atoms with van der Waals surface area (Å²) in [6.07, 6.45) is 6.07. The number of hydrogen-bond donors (Lipinski definition) is 0. The van der Waals surface area contributed by atoms with E-state index in [2.05, 4.69) is 11.1 Å². The molecule has 0 saturated heterocycles. The lowest BCUT2D eigenvalue weighted by Crippen LogP contribution is -2.34. The molecule has 0 fully saturated rings. The number of hydrogen-bond acceptors (Lipinski definition) is 6. The van der Waals surface area contributed by atoms with E-state index in [0.29, 0.717) is 22.9 Å². The van der Waals surface area contributed by atoms with Crippen molar-refractivity contribution in [1.82, 2.24) is 4.98 Å². The van der Waals surface area contributed by atoms with E-state index >= 15 is 0 Å². The molecule has 2 aromatic heterocycles. The fourth-order valence-corrected chi connectivity index (χ4v) is 5.04. The minimum atomic E-state index is -3.28. The Bertz CT molecular complexity index is 1190. The van der Waals surface area contributed by atoms with Gasteiger partial charge in [-0.25, -0.2) is 13.4 Å². The van der Waals surface area contributed by atoms with Crippen molar-refractivity contribution in [3.8, 4) is 17.3 Å². The summed E-state index contributed by atoms with van der Waals surface area (Å²) >= 11 is 1.39. The number of furan rings is 1. The number of aromatic nitrogens is 1. The van der Waals surface area contributed by atoms with Crippen molar-refractivity contribution in [2.75, 3.05) is 17.1 Å². The molecule has 1 aliphatic rings. The minimum Gasteiger partial charge on any atom is -0.465 e. The molecule has 0 bridgehead atoms. The third kappa shape index (κ3) is 3.59. The van der Waals surface area contributed by atoms with Crippen LogP contribution in [-0.4, -0.2) is 26.2 Å². The number of fused-ring (bicyclic) bond motifs is 1. The maximum atomic E-state index is 12.0. The van der Waals surface area contributed by atoms with Crippen LogP contribution in [0.25, 0.3) is 22.9 Å². The lowest BCUT2D eigenvalue weighted by molar-refractivity contribution is 0.557. The van der Waals surface area contributed by atoms with Crippen molar-refractivity contribution in [3.05, 3.63) is 58.3 Å². The smallest absolute Gasteiger partial charge is 0.232 e. The zero-order valence-corrected chi connectivity index (χ0v) is 16.8. The third-order valence-electron chi connectivity index (χ3n) is 4.54. The fraction of sp³-hybridized carbons (Fsp3) is 0.200. The molecule has 1 aromatic carbocycles. The molecule has 0 atom stereocenters. The van der Waals surface area contributed by atoms with Gasteiger partial charge in [0.25, 0.3) is 0 Å². The predicted molar refractivity (Wildman–Crippen MR) is 110 cm³/mol. The molecule has 3 heterocycles. The van der Waals surface area contributed by atoms with Crippen LogP contribution in [0.3, 0.4) is 0 Å². The Morgan fingerprint density at radius 2 is 2.25 bits per heavy atom. The second-order valence-electron chi connectivity index (χ2n) is 6.51. The predicted octanol–water partition coefficient (Wildman–Crippen LogP) is 4.18. The van der Waals surface area contributed by atoms with Gasteiger partial charge in [0.1, 0.15) is 16.8 Å². The number of rotatable bonds is 4. The number of allylic oxidation sites excluding steroid dienone is 1. The topological polar surface area (TPSA) is 87.2 Å². The highest BCUT2D eigenvalue weighted by Gasteiger charge is 2.24. The summed E-state index contributed by atoms with van der Waals surface area (Å²) in [6, 6.07) is 11.4. The summed E-state index contributed by atoms with van der Waals surface area (Å²) in [7, 11) is -3.28. The van der Waals surface area contributed by atoms with Crippen molar-refractivity contribution in [2.24, 2.45) is 0 Å². The summed E-state index contributed by atoms with van der Waals surface area (Å²) in [5, 5.41) is 12.0. The van der Waals surface area contributed by atoms with Crippen LogP contribution in [0.4, 0.5) is 5.69 Å². The van der Waals surface area contributed by atoms with Gasteiger partial charge in [0.2, 0.25) is 10.0 Å². The molecule has 0 amide bonds. The maximum Gasteiger partial charge on any atom is 0.232 e. The van der Waals surface area contributed by atoms with E-state index in [4.69, 9.17) is 4.42 Å². The third-order valence-corrected chi connectivity index (χ3v) is 6.59. The van der Waals surface area contributed by atoms with E-state index in [1.807, 2.05) is 23.6 Å². The Balaban J connectivity index is 1.67. The Hall–Kier alpha value is -2.89. The largest absolute Gasteiger partial charge is 0.465 e. The van der Waals surface area contributed by atoms with E-state index in [1.165, 1.54) is 21.9 Å². The Morgan fingerprint density at radius 1 is 1.39 bits per heavy atom. The van der Waals surface area contributed by atoms with Crippen molar-refractivity contribution in [1.29, 1.82) is 5.26 Å². The van der Waals surface area contributed by atoms with Gasteiger partial charge >= 0.3 is 0 Å². The van der Waals surface area contributed by atoms with Crippen molar-refractivity contribution in [3.63, 3.8) is 0 Å². The summed E-state index contributed by atoms with van der Waals surface area (Å²) in [5.74, 6) is 0.600. The molecule has 0 saturated carbocycles. The first-order valence-corrected chi connectivity index (χ1v) is 11.4. The molecule has 3 aromatic rings. The highest BCUT2D eigenvalue weighted by atomic mass is 32.2. The molecule has 142 valence electrons. The SMILES string of the molecule is CS(=O)(=O)N1CCCc2cc(-c3csc(/C(C#N)=C/c4ccco4)n3)ccc21. The van der Waals surface area contributed by atoms with Crippen LogP contribution in [0.2, 0.25) is 0 Å². The van der Waals surface area contributed by atoms with Gasteiger partial charge in [-0.15, -0.1) is 11.3 Å². The molecule has 8 heteroatoms. The zero-order chi connectivity index (χ0) is 19.7. The first-order valence-electron chi connectivity index (χ1n) is 8.68. The summed E-state index contributed by atoms with van der Waals surface area (Å²) in [6.45, 7) is 0.509. The summed E-state index contributed by atoms with van der Waals surface area (Å²) < 4.78 is 30.8. The summed E-state index contributed by atoms with van der Waals surface area (Å²) in [5.41, 5.74) is 3.85. The standard InChI is InChI=1S/C20H17N3O3S2/c1-28(24,25)23-8-2-4-15-10-14(6-7-19(15)23)18-13-27-20(22-18)16(12-21)11-17-5-3-9-26-17/h3,5-7,9-11,13H,2,4,8H2,1H3/b16-11+. The van der Waals surface area contributed by atoms with Crippen molar-refractivity contribution < 1.29 is 12.8 Å². The van der Waals surface area contributed by atoms with Gasteiger partial charge in [-0.3, -0.25) is 4.31 Å². The zero-order valence-electron chi connectivity index (χ0n) is 15.1. The Morgan fingerprint density at radius 3 is 2.96 bits per heavy atom. The van der Waals surface area contributed by atoms with E-state index < -0.39 is 10.0 Å². The number of nitrogens with zero attached hydrogens (tertiary/aromatic N) is 3. The van der Waals surface area contributed by atoms with Crippen LogP contribution >= 0.6 is 11.3 Å². The Kier molecular flexibility index (Phi) is 4.79. The Labute approximate surface area is 167 Å². The normalized spacial score (nSPS) is 14.6. The average molecular weight is 412 g/mol. The molecular weight excluding hydrogens is 394 g/mol. The molecule has 0 unspecified atom stereocenters. The molecule has 4 rings (SSSR count). The highest BCUT2D eigenvalue weighted by molar-refractivity contribution is 7.92. The van der Waals surface area contributed by atoms with Gasteiger partial charge in [0.05, 0.1) is 29.5 Å². The second-order valence-corrected chi connectivity index (χ2v) is 9.27. The molecule has 0 aliphatic carbocycles. The van der Waals surface area contributed by atoms with Gasteiger partial charge in [0, 0.05) is 23.6 Å². The molecule has 0 N–H and O–H groups in total. The van der Waals surface area contributed by atoms with Crippen molar-refractivity contribution >= 4 is 38.7 Å². The molecule has 28 heavy (non-hydrogen) atoms. The van der Waals surface area contributed by atoms with Gasteiger partial charge in [-0.05, 0) is 42.7 Å². The van der Waals surface area contributed by atoms with E-state index in [9.17, 15) is 13.7 Å². The van der Waals surface area contributed by atoms with E-state index in [1.54, 1.807) is 24.5 Å². The first kappa shape index (κ1) is 18.5.